The quantitative estimate of drug-likeness (QED) is 0.678. The Morgan fingerprint density at radius 1 is 1.29 bits per heavy atom. The molecule has 9 heteroatoms. The highest BCUT2D eigenvalue weighted by molar-refractivity contribution is 7.92. The largest absolute Gasteiger partial charge is 0.493 e. The van der Waals surface area contributed by atoms with Crippen LogP contribution in [0.2, 0.25) is 0 Å². The van der Waals surface area contributed by atoms with Gasteiger partial charge in [-0.1, -0.05) is 6.07 Å². The number of aromatic hydroxyl groups is 1. The van der Waals surface area contributed by atoms with Crippen molar-refractivity contribution < 1.29 is 23.2 Å². The van der Waals surface area contributed by atoms with E-state index in [2.05, 4.69) is 9.71 Å². The van der Waals surface area contributed by atoms with E-state index >= 15 is 0 Å². The van der Waals surface area contributed by atoms with Crippen LogP contribution in [0.3, 0.4) is 0 Å². The molecule has 2 heterocycles. The molecule has 21 heavy (non-hydrogen) atoms. The lowest BCUT2D eigenvalue weighted by atomic mass is 9.79. The van der Waals surface area contributed by atoms with E-state index in [1.165, 1.54) is 18.2 Å². The summed E-state index contributed by atoms with van der Waals surface area (Å²) in [4.78, 5) is 3.46. The molecule has 3 N–H and O–H groups in total. The van der Waals surface area contributed by atoms with E-state index in [4.69, 9.17) is 9.76 Å². The van der Waals surface area contributed by atoms with Crippen molar-refractivity contribution in [3.8, 4) is 5.88 Å². The zero-order chi connectivity index (χ0) is 15.0. The molecule has 7 nitrogen and oxygen atoms in total. The monoisotopic (exact) mass is 306 g/mol. The van der Waals surface area contributed by atoms with Crippen LogP contribution in [0.25, 0.3) is 0 Å². The van der Waals surface area contributed by atoms with Crippen molar-refractivity contribution in [1.82, 2.24) is 4.98 Å². The number of hydrogen-bond acceptors (Lipinski definition) is 6. The van der Waals surface area contributed by atoms with Crippen LogP contribution in [-0.2, 0) is 21.3 Å². The van der Waals surface area contributed by atoms with Crippen LogP contribution in [0.15, 0.2) is 41.4 Å². The van der Waals surface area contributed by atoms with E-state index in [0.29, 0.717) is 17.8 Å². The van der Waals surface area contributed by atoms with Crippen molar-refractivity contribution >= 4 is 28.3 Å². The third-order valence-corrected chi connectivity index (χ3v) is 4.46. The Kier molecular flexibility index (Phi) is 3.32. The standard InChI is InChI=1S/C12H11BN2O5S/c16-12-4-3-10(6-14-12)21(18,19)15-9-2-1-8-7-20-13(17)11(8)5-9/h1-6,15,17H,7H2,(H,14,16). The average Bonchev–Trinajstić information content (AvgIpc) is 2.80. The van der Waals surface area contributed by atoms with Gasteiger partial charge in [0.2, 0.25) is 5.88 Å². The first-order valence-corrected chi connectivity index (χ1v) is 7.54. The van der Waals surface area contributed by atoms with Gasteiger partial charge in [0.05, 0.1) is 12.8 Å². The second-order valence-electron chi connectivity index (χ2n) is 4.53. The summed E-state index contributed by atoms with van der Waals surface area (Å²) in [7, 11) is -4.85. The molecule has 1 aliphatic heterocycles. The minimum atomic E-state index is -3.81. The van der Waals surface area contributed by atoms with E-state index < -0.39 is 17.1 Å². The van der Waals surface area contributed by atoms with Crippen molar-refractivity contribution in [2.75, 3.05) is 4.72 Å². The Morgan fingerprint density at radius 3 is 2.81 bits per heavy atom. The molecule has 1 aromatic carbocycles. The second kappa shape index (κ2) is 5.03. The van der Waals surface area contributed by atoms with Gasteiger partial charge in [-0.25, -0.2) is 13.4 Å². The number of fused-ring (bicyclic) bond motifs is 1. The summed E-state index contributed by atoms with van der Waals surface area (Å²) in [6.07, 6.45) is 1.06. The van der Waals surface area contributed by atoms with Crippen LogP contribution < -0.4 is 10.2 Å². The Bertz CT molecular complexity index is 779. The first kappa shape index (κ1) is 13.9. The maximum atomic E-state index is 12.2. The van der Waals surface area contributed by atoms with Gasteiger partial charge in [0.15, 0.2) is 0 Å². The summed E-state index contributed by atoms with van der Waals surface area (Å²) < 4.78 is 31.8. The Balaban J connectivity index is 1.89. The maximum Gasteiger partial charge on any atom is 0.491 e. The summed E-state index contributed by atoms with van der Waals surface area (Å²) in [6, 6.07) is 7.24. The molecule has 0 unspecified atom stereocenters. The number of pyridine rings is 1. The molecular weight excluding hydrogens is 295 g/mol. The van der Waals surface area contributed by atoms with Crippen molar-refractivity contribution in [2.24, 2.45) is 0 Å². The molecular formula is C12H11BN2O5S. The highest BCUT2D eigenvalue weighted by atomic mass is 32.2. The minimum absolute atomic E-state index is 0.0717. The fourth-order valence-corrected chi connectivity index (χ4v) is 3.02. The molecule has 0 bridgehead atoms. The van der Waals surface area contributed by atoms with Crippen LogP contribution in [0.1, 0.15) is 5.56 Å². The molecule has 1 aliphatic rings. The number of benzene rings is 1. The first-order chi connectivity index (χ1) is 9.95. The topological polar surface area (TPSA) is 109 Å². The SMILES string of the molecule is O=S(=O)(Nc1ccc2c(c1)B(O)OC2)c1ccc(O)nc1. The highest BCUT2D eigenvalue weighted by Crippen LogP contribution is 2.19. The predicted octanol–water partition coefficient (Wildman–Crippen LogP) is -0.194. The highest BCUT2D eigenvalue weighted by Gasteiger charge is 2.27. The molecule has 0 fully saturated rings. The predicted molar refractivity (Wildman–Crippen MR) is 75.5 cm³/mol. The van der Waals surface area contributed by atoms with Gasteiger partial charge in [-0.2, -0.15) is 0 Å². The molecule has 2 aromatic rings. The Labute approximate surface area is 121 Å². The Hall–Kier alpha value is -2.10. The van der Waals surface area contributed by atoms with E-state index in [0.717, 1.165) is 11.8 Å². The van der Waals surface area contributed by atoms with Gasteiger partial charge >= 0.3 is 7.12 Å². The molecule has 0 spiro atoms. The molecule has 0 saturated carbocycles. The fraction of sp³-hybridized carbons (Fsp3) is 0.0833. The molecule has 0 amide bonds. The van der Waals surface area contributed by atoms with Crippen molar-refractivity contribution in [2.45, 2.75) is 11.5 Å². The van der Waals surface area contributed by atoms with Crippen molar-refractivity contribution in [3.05, 3.63) is 42.1 Å². The lowest BCUT2D eigenvalue weighted by Gasteiger charge is -2.09. The van der Waals surface area contributed by atoms with Gasteiger partial charge in [-0.3, -0.25) is 4.72 Å². The molecule has 0 radical (unpaired) electrons. The molecule has 0 atom stereocenters. The number of nitrogens with one attached hydrogen (secondary N) is 1. The summed E-state index contributed by atoms with van der Waals surface area (Å²) >= 11 is 0. The number of anilines is 1. The molecule has 3 rings (SSSR count). The van der Waals surface area contributed by atoms with Gasteiger partial charge in [0, 0.05) is 11.8 Å². The molecule has 0 aliphatic carbocycles. The number of aromatic nitrogens is 1. The molecule has 108 valence electrons. The maximum absolute atomic E-state index is 12.2. The average molecular weight is 306 g/mol. The fourth-order valence-electron chi connectivity index (χ4n) is 2.02. The van der Waals surface area contributed by atoms with Crippen LogP contribution in [-0.4, -0.2) is 30.7 Å². The van der Waals surface area contributed by atoms with Crippen LogP contribution in [0.4, 0.5) is 5.69 Å². The van der Waals surface area contributed by atoms with E-state index in [9.17, 15) is 13.4 Å². The number of hydrogen-bond donors (Lipinski definition) is 3. The van der Waals surface area contributed by atoms with Gasteiger partial charge in [0.25, 0.3) is 10.0 Å². The van der Waals surface area contributed by atoms with Crippen LogP contribution in [0.5, 0.6) is 5.88 Å². The number of nitrogens with zero attached hydrogens (tertiary/aromatic N) is 1. The van der Waals surface area contributed by atoms with E-state index in [1.54, 1.807) is 12.1 Å². The zero-order valence-electron chi connectivity index (χ0n) is 10.7. The van der Waals surface area contributed by atoms with Gasteiger partial charge in [-0.05, 0) is 29.2 Å². The summed E-state index contributed by atoms with van der Waals surface area (Å²) in [6.45, 7) is 0.297. The molecule has 0 saturated heterocycles. The second-order valence-corrected chi connectivity index (χ2v) is 6.22. The summed E-state index contributed by atoms with van der Waals surface area (Å²) in [5.74, 6) is -0.258. The lowest BCUT2D eigenvalue weighted by Crippen LogP contribution is -2.28. The number of sulfonamides is 1. The first-order valence-electron chi connectivity index (χ1n) is 6.06. The van der Waals surface area contributed by atoms with E-state index in [-0.39, 0.29) is 10.8 Å². The van der Waals surface area contributed by atoms with E-state index in [1.807, 2.05) is 0 Å². The third-order valence-electron chi connectivity index (χ3n) is 3.09. The Morgan fingerprint density at radius 2 is 2.10 bits per heavy atom. The van der Waals surface area contributed by atoms with Gasteiger partial charge < -0.3 is 14.8 Å². The zero-order valence-corrected chi connectivity index (χ0v) is 11.5. The lowest BCUT2D eigenvalue weighted by molar-refractivity contribution is 0.275. The normalized spacial score (nSPS) is 14.0. The van der Waals surface area contributed by atoms with Gasteiger partial charge in [-0.15, -0.1) is 0 Å². The minimum Gasteiger partial charge on any atom is -0.493 e. The van der Waals surface area contributed by atoms with Crippen molar-refractivity contribution in [1.29, 1.82) is 0 Å². The summed E-state index contributed by atoms with van der Waals surface area (Å²) in [5, 5.41) is 18.7. The van der Waals surface area contributed by atoms with Crippen LogP contribution >= 0.6 is 0 Å². The smallest absolute Gasteiger partial charge is 0.491 e. The van der Waals surface area contributed by atoms with Crippen molar-refractivity contribution in [3.63, 3.8) is 0 Å². The number of rotatable bonds is 3. The molecule has 1 aromatic heterocycles. The van der Waals surface area contributed by atoms with Crippen LogP contribution in [0, 0.1) is 0 Å². The van der Waals surface area contributed by atoms with Gasteiger partial charge in [0.1, 0.15) is 4.90 Å². The third kappa shape index (κ3) is 2.71. The summed E-state index contributed by atoms with van der Waals surface area (Å²) in [5.41, 5.74) is 1.67.